The highest BCUT2D eigenvalue weighted by Crippen LogP contribution is 2.31. The first-order valence-corrected chi connectivity index (χ1v) is 9.00. The van der Waals surface area contributed by atoms with E-state index < -0.39 is 0 Å². The Morgan fingerprint density at radius 2 is 1.81 bits per heavy atom. The molecule has 3 aromatic rings. The normalized spacial score (nSPS) is 11.0. The molecule has 0 fully saturated rings. The molecule has 5 nitrogen and oxygen atoms in total. The molecule has 0 atom stereocenters. The Balaban J connectivity index is 1.99. The summed E-state index contributed by atoms with van der Waals surface area (Å²) in [5.74, 6) is 2.11. The molecular formula is C21H18N2O3S. The predicted molar refractivity (Wildman–Crippen MR) is 107 cm³/mol. The van der Waals surface area contributed by atoms with Gasteiger partial charge in [-0.3, -0.25) is 0 Å². The molecule has 1 aromatic heterocycles. The van der Waals surface area contributed by atoms with Gasteiger partial charge in [0.05, 0.1) is 32.6 Å². The van der Waals surface area contributed by atoms with Crippen molar-refractivity contribution < 1.29 is 14.2 Å². The minimum Gasteiger partial charge on any atom is -0.497 e. The molecule has 3 rings (SSSR count). The Hall–Kier alpha value is -3.30. The van der Waals surface area contributed by atoms with Crippen LogP contribution in [0.25, 0.3) is 22.9 Å². The molecule has 0 saturated heterocycles. The summed E-state index contributed by atoms with van der Waals surface area (Å²) in [6.45, 7) is 0. The third kappa shape index (κ3) is 4.10. The van der Waals surface area contributed by atoms with Gasteiger partial charge in [-0.25, -0.2) is 4.98 Å². The molecule has 6 heteroatoms. The smallest absolute Gasteiger partial charge is 0.134 e. The molecule has 0 unspecified atom stereocenters. The molecule has 0 aliphatic carbocycles. The fraction of sp³-hybridized carbons (Fsp3) is 0.143. The molecule has 2 aromatic carbocycles. The molecule has 0 saturated carbocycles. The SMILES string of the molecule is COc1cccc(-c2csc(/C(C#N)=C/c3cc(OC)ccc3OC)n2)c1. The summed E-state index contributed by atoms with van der Waals surface area (Å²) in [6, 6.07) is 15.3. The zero-order valence-electron chi connectivity index (χ0n) is 15.2. The minimum absolute atomic E-state index is 0.459. The standard InChI is InChI=1S/C21H18N2O3S/c1-24-17-6-4-5-14(10-17)19-13-27-21(23-19)16(12-22)9-15-11-18(25-2)7-8-20(15)26-3/h4-11,13H,1-3H3/b16-9+. The highest BCUT2D eigenvalue weighted by molar-refractivity contribution is 7.11. The van der Waals surface area contributed by atoms with Crippen molar-refractivity contribution in [2.24, 2.45) is 0 Å². The number of ether oxygens (including phenoxy) is 3. The first-order valence-electron chi connectivity index (χ1n) is 8.12. The van der Waals surface area contributed by atoms with Crippen LogP contribution in [0.1, 0.15) is 10.6 Å². The van der Waals surface area contributed by atoms with Crippen molar-refractivity contribution in [1.82, 2.24) is 4.98 Å². The van der Waals surface area contributed by atoms with Crippen molar-refractivity contribution in [2.75, 3.05) is 21.3 Å². The maximum Gasteiger partial charge on any atom is 0.134 e. The number of rotatable bonds is 6. The maximum absolute atomic E-state index is 9.65. The highest BCUT2D eigenvalue weighted by atomic mass is 32.1. The molecule has 136 valence electrons. The molecular weight excluding hydrogens is 360 g/mol. The second-order valence-electron chi connectivity index (χ2n) is 5.55. The van der Waals surface area contributed by atoms with Crippen LogP contribution in [0.3, 0.4) is 0 Å². The van der Waals surface area contributed by atoms with Gasteiger partial charge < -0.3 is 14.2 Å². The van der Waals surface area contributed by atoms with Gasteiger partial charge in [-0.15, -0.1) is 11.3 Å². The number of methoxy groups -OCH3 is 3. The zero-order chi connectivity index (χ0) is 19.2. The van der Waals surface area contributed by atoms with E-state index in [4.69, 9.17) is 14.2 Å². The van der Waals surface area contributed by atoms with Crippen LogP contribution in [0.4, 0.5) is 0 Å². The lowest BCUT2D eigenvalue weighted by atomic mass is 10.1. The lowest BCUT2D eigenvalue weighted by Gasteiger charge is -2.07. The van der Waals surface area contributed by atoms with Crippen LogP contribution in [-0.4, -0.2) is 26.3 Å². The average molecular weight is 378 g/mol. The summed E-state index contributed by atoms with van der Waals surface area (Å²) in [7, 11) is 4.82. The summed E-state index contributed by atoms with van der Waals surface area (Å²) < 4.78 is 15.9. The van der Waals surface area contributed by atoms with E-state index in [0.717, 1.165) is 22.6 Å². The van der Waals surface area contributed by atoms with E-state index >= 15 is 0 Å². The van der Waals surface area contributed by atoms with Crippen LogP contribution in [0.15, 0.2) is 47.8 Å². The third-order valence-corrected chi connectivity index (χ3v) is 4.83. The molecule has 0 radical (unpaired) electrons. The van der Waals surface area contributed by atoms with E-state index in [-0.39, 0.29) is 0 Å². The Bertz CT molecular complexity index is 1020. The number of allylic oxidation sites excluding steroid dienone is 1. The van der Waals surface area contributed by atoms with Gasteiger partial charge in [-0.1, -0.05) is 12.1 Å². The van der Waals surface area contributed by atoms with Gasteiger partial charge in [0.15, 0.2) is 0 Å². The monoisotopic (exact) mass is 378 g/mol. The first-order chi connectivity index (χ1) is 13.2. The number of hydrogen-bond donors (Lipinski definition) is 0. The van der Waals surface area contributed by atoms with E-state index in [2.05, 4.69) is 11.1 Å². The van der Waals surface area contributed by atoms with Gasteiger partial charge in [-0.05, 0) is 36.4 Å². The topological polar surface area (TPSA) is 64.4 Å². The summed E-state index contributed by atoms with van der Waals surface area (Å²) >= 11 is 1.42. The van der Waals surface area contributed by atoms with E-state index in [9.17, 15) is 5.26 Å². The van der Waals surface area contributed by atoms with Crippen molar-refractivity contribution in [3.63, 3.8) is 0 Å². The fourth-order valence-corrected chi connectivity index (χ4v) is 3.36. The second kappa shape index (κ2) is 8.39. The lowest BCUT2D eigenvalue weighted by Crippen LogP contribution is -1.90. The average Bonchev–Trinajstić information content (AvgIpc) is 3.21. The van der Waals surface area contributed by atoms with E-state index in [0.29, 0.717) is 22.1 Å². The Morgan fingerprint density at radius 3 is 2.52 bits per heavy atom. The van der Waals surface area contributed by atoms with Crippen molar-refractivity contribution in [3.8, 4) is 34.6 Å². The fourth-order valence-electron chi connectivity index (χ4n) is 2.56. The lowest BCUT2D eigenvalue weighted by molar-refractivity contribution is 0.402. The van der Waals surface area contributed by atoms with Crippen molar-refractivity contribution in [3.05, 3.63) is 58.4 Å². The van der Waals surface area contributed by atoms with Crippen molar-refractivity contribution in [2.45, 2.75) is 0 Å². The van der Waals surface area contributed by atoms with Crippen LogP contribution in [0.2, 0.25) is 0 Å². The molecule has 0 amide bonds. The van der Waals surface area contributed by atoms with Gasteiger partial charge in [0.1, 0.15) is 28.3 Å². The number of benzene rings is 2. The quantitative estimate of drug-likeness (QED) is 0.571. The summed E-state index contributed by atoms with van der Waals surface area (Å²) in [6.07, 6.45) is 1.76. The number of nitrogens with zero attached hydrogens (tertiary/aromatic N) is 2. The highest BCUT2D eigenvalue weighted by Gasteiger charge is 2.11. The molecule has 0 N–H and O–H groups in total. The number of nitriles is 1. The van der Waals surface area contributed by atoms with Gasteiger partial charge in [-0.2, -0.15) is 5.26 Å². The predicted octanol–water partition coefficient (Wildman–Crippen LogP) is 4.90. The number of hydrogen-bond acceptors (Lipinski definition) is 6. The van der Waals surface area contributed by atoms with Crippen LogP contribution >= 0.6 is 11.3 Å². The van der Waals surface area contributed by atoms with E-state index in [1.54, 1.807) is 27.4 Å². The summed E-state index contributed by atoms with van der Waals surface area (Å²) in [5.41, 5.74) is 2.95. The second-order valence-corrected chi connectivity index (χ2v) is 6.41. The van der Waals surface area contributed by atoms with Gasteiger partial charge in [0, 0.05) is 16.5 Å². The van der Waals surface area contributed by atoms with Crippen LogP contribution < -0.4 is 14.2 Å². The molecule has 0 aliphatic rings. The Labute approximate surface area is 162 Å². The molecule has 0 bridgehead atoms. The molecule has 0 spiro atoms. The summed E-state index contributed by atoms with van der Waals surface area (Å²) in [4.78, 5) is 4.62. The number of aromatic nitrogens is 1. The van der Waals surface area contributed by atoms with Gasteiger partial charge in [0.25, 0.3) is 0 Å². The Morgan fingerprint density at radius 1 is 1.04 bits per heavy atom. The number of thiazole rings is 1. The first kappa shape index (κ1) is 18.5. The van der Waals surface area contributed by atoms with Crippen molar-refractivity contribution in [1.29, 1.82) is 5.26 Å². The van der Waals surface area contributed by atoms with Crippen LogP contribution in [0, 0.1) is 11.3 Å². The Kier molecular flexibility index (Phi) is 5.74. The maximum atomic E-state index is 9.65. The molecule has 27 heavy (non-hydrogen) atoms. The minimum atomic E-state index is 0.459. The van der Waals surface area contributed by atoms with E-state index in [1.807, 2.05) is 47.8 Å². The zero-order valence-corrected chi connectivity index (χ0v) is 16.0. The molecule has 1 heterocycles. The molecule has 0 aliphatic heterocycles. The summed E-state index contributed by atoms with van der Waals surface area (Å²) in [5, 5.41) is 12.2. The van der Waals surface area contributed by atoms with E-state index in [1.165, 1.54) is 11.3 Å². The van der Waals surface area contributed by atoms with Gasteiger partial charge in [0.2, 0.25) is 0 Å². The van der Waals surface area contributed by atoms with Crippen LogP contribution in [0.5, 0.6) is 17.2 Å². The largest absolute Gasteiger partial charge is 0.497 e. The van der Waals surface area contributed by atoms with Crippen LogP contribution in [-0.2, 0) is 0 Å². The third-order valence-electron chi connectivity index (χ3n) is 3.96. The van der Waals surface area contributed by atoms with Crippen molar-refractivity contribution >= 4 is 23.0 Å². The van der Waals surface area contributed by atoms with Gasteiger partial charge >= 0.3 is 0 Å².